The fourth-order valence-electron chi connectivity index (χ4n) is 4.64. The third-order valence-corrected chi connectivity index (χ3v) is 6.40. The van der Waals surface area contributed by atoms with Gasteiger partial charge in [-0.25, -0.2) is 9.37 Å². The Labute approximate surface area is 200 Å². The molecule has 5 rings (SSSR count). The molecular weight excluding hydrogens is 451 g/mol. The van der Waals surface area contributed by atoms with Gasteiger partial charge in [0.2, 0.25) is 0 Å². The summed E-state index contributed by atoms with van der Waals surface area (Å²) < 4.78 is 13.6. The summed E-state index contributed by atoms with van der Waals surface area (Å²) in [7, 11) is 1.56. The standard InChI is InChI=1S/C25H25FN6O3/c1-27-25(35)21-5-3-17(11-28-21)32-7-6-31(13-18(32)14-33)12-15-8-22-23(29-10-15)19-4-2-16(26)9-20(19)24(34)30-22/h2-5,8-11,18,33H,6-7,12-14H2,1H3,(H,27,35)(H,30,34)/t18-/m0/s1. The lowest BCUT2D eigenvalue weighted by Crippen LogP contribution is -2.54. The molecule has 0 radical (unpaired) electrons. The molecule has 35 heavy (non-hydrogen) atoms. The van der Waals surface area contributed by atoms with Gasteiger partial charge in [-0.1, -0.05) is 0 Å². The van der Waals surface area contributed by atoms with Crippen LogP contribution in [0.25, 0.3) is 21.8 Å². The number of carbonyl (C=O) groups excluding carboxylic acids is 1. The minimum absolute atomic E-state index is 0.0282. The van der Waals surface area contributed by atoms with Gasteiger partial charge in [-0.3, -0.25) is 19.5 Å². The first-order valence-electron chi connectivity index (χ1n) is 11.3. The van der Waals surface area contributed by atoms with Crippen molar-refractivity contribution in [1.29, 1.82) is 0 Å². The number of amides is 1. The second-order valence-corrected chi connectivity index (χ2v) is 8.63. The molecule has 1 atom stereocenters. The van der Waals surface area contributed by atoms with Crippen molar-refractivity contribution in [1.82, 2.24) is 25.2 Å². The van der Waals surface area contributed by atoms with E-state index in [1.54, 1.807) is 31.6 Å². The van der Waals surface area contributed by atoms with Crippen molar-refractivity contribution >= 4 is 33.4 Å². The number of hydrogen-bond acceptors (Lipinski definition) is 7. The van der Waals surface area contributed by atoms with Gasteiger partial charge in [-0.05, 0) is 42.0 Å². The van der Waals surface area contributed by atoms with Gasteiger partial charge in [0.05, 0.1) is 41.0 Å². The lowest BCUT2D eigenvalue weighted by atomic mass is 10.1. The molecule has 4 aromatic rings. The number of rotatable bonds is 5. The van der Waals surface area contributed by atoms with Crippen LogP contribution < -0.4 is 15.8 Å². The molecule has 0 spiro atoms. The molecule has 10 heteroatoms. The zero-order valence-electron chi connectivity index (χ0n) is 19.2. The number of benzene rings is 1. The van der Waals surface area contributed by atoms with E-state index in [1.165, 1.54) is 12.1 Å². The molecule has 1 aromatic carbocycles. The molecule has 4 heterocycles. The molecule has 3 aromatic heterocycles. The van der Waals surface area contributed by atoms with Gasteiger partial charge in [-0.2, -0.15) is 0 Å². The number of carbonyl (C=O) groups is 1. The second-order valence-electron chi connectivity index (χ2n) is 8.63. The third kappa shape index (κ3) is 4.45. The Morgan fingerprint density at radius 2 is 2.03 bits per heavy atom. The zero-order chi connectivity index (χ0) is 24.5. The summed E-state index contributed by atoms with van der Waals surface area (Å²) in [6.07, 6.45) is 3.42. The summed E-state index contributed by atoms with van der Waals surface area (Å²) in [5, 5.41) is 13.5. The topological polar surface area (TPSA) is 114 Å². The van der Waals surface area contributed by atoms with Crippen molar-refractivity contribution in [2.24, 2.45) is 0 Å². The van der Waals surface area contributed by atoms with Gasteiger partial charge in [0.15, 0.2) is 0 Å². The average Bonchev–Trinajstić information content (AvgIpc) is 2.88. The van der Waals surface area contributed by atoms with Crippen LogP contribution in [0.5, 0.6) is 0 Å². The molecule has 1 saturated heterocycles. The van der Waals surface area contributed by atoms with Crippen LogP contribution in [0.4, 0.5) is 10.1 Å². The van der Waals surface area contributed by atoms with E-state index in [9.17, 15) is 19.1 Å². The number of nitrogens with one attached hydrogen (secondary N) is 2. The van der Waals surface area contributed by atoms with Gasteiger partial charge >= 0.3 is 0 Å². The normalized spacial score (nSPS) is 16.7. The van der Waals surface area contributed by atoms with Crippen molar-refractivity contribution in [3.63, 3.8) is 0 Å². The quantitative estimate of drug-likeness (QED) is 0.375. The van der Waals surface area contributed by atoms with E-state index in [1.807, 2.05) is 12.1 Å². The molecule has 180 valence electrons. The van der Waals surface area contributed by atoms with Crippen LogP contribution in [0.1, 0.15) is 16.1 Å². The fourth-order valence-corrected chi connectivity index (χ4v) is 4.64. The van der Waals surface area contributed by atoms with E-state index in [0.717, 1.165) is 17.8 Å². The van der Waals surface area contributed by atoms with E-state index in [-0.39, 0.29) is 29.5 Å². The first-order chi connectivity index (χ1) is 17.0. The first kappa shape index (κ1) is 22.9. The highest BCUT2D eigenvalue weighted by atomic mass is 19.1. The van der Waals surface area contributed by atoms with Crippen molar-refractivity contribution < 1.29 is 14.3 Å². The van der Waals surface area contributed by atoms with Crippen LogP contribution in [0.3, 0.4) is 0 Å². The predicted molar refractivity (Wildman–Crippen MR) is 131 cm³/mol. The number of aromatic amines is 1. The maximum Gasteiger partial charge on any atom is 0.269 e. The maximum absolute atomic E-state index is 13.6. The lowest BCUT2D eigenvalue weighted by molar-refractivity contribution is 0.0958. The van der Waals surface area contributed by atoms with Crippen molar-refractivity contribution in [2.75, 3.05) is 38.2 Å². The number of aliphatic hydroxyl groups is 1. The van der Waals surface area contributed by atoms with Crippen molar-refractivity contribution in [2.45, 2.75) is 12.6 Å². The average molecular weight is 477 g/mol. The summed E-state index contributed by atoms with van der Waals surface area (Å²) in [6.45, 7) is 2.63. The van der Waals surface area contributed by atoms with Crippen LogP contribution in [0.15, 0.2) is 53.6 Å². The highest BCUT2D eigenvalue weighted by Gasteiger charge is 2.27. The monoisotopic (exact) mass is 476 g/mol. The van der Waals surface area contributed by atoms with Gasteiger partial charge < -0.3 is 20.3 Å². The van der Waals surface area contributed by atoms with Crippen molar-refractivity contribution in [3.8, 4) is 0 Å². The Morgan fingerprint density at radius 1 is 1.17 bits per heavy atom. The summed E-state index contributed by atoms with van der Waals surface area (Å²) >= 11 is 0. The SMILES string of the molecule is CNC(=O)c1ccc(N2CCN(Cc3cnc4c(c3)[nH]c(=O)c3cc(F)ccc34)C[C@H]2CO)cn1. The number of hydrogen-bond donors (Lipinski definition) is 3. The third-order valence-electron chi connectivity index (χ3n) is 6.40. The first-order valence-corrected chi connectivity index (χ1v) is 11.3. The highest BCUT2D eigenvalue weighted by Crippen LogP contribution is 2.24. The molecule has 1 aliphatic heterocycles. The number of nitrogens with zero attached hydrogens (tertiary/aromatic N) is 4. The number of piperazine rings is 1. The van der Waals surface area contributed by atoms with E-state index in [4.69, 9.17) is 0 Å². The summed E-state index contributed by atoms with van der Waals surface area (Å²) in [5.74, 6) is -0.708. The summed E-state index contributed by atoms with van der Waals surface area (Å²) in [5.41, 5.74) is 2.99. The summed E-state index contributed by atoms with van der Waals surface area (Å²) in [4.78, 5) is 40.1. The minimum atomic E-state index is -0.463. The number of pyridine rings is 3. The molecular formula is C25H25FN6O3. The molecule has 1 fully saturated rings. The Kier molecular flexibility index (Phi) is 6.14. The maximum atomic E-state index is 13.6. The van der Waals surface area contributed by atoms with Gasteiger partial charge in [0.25, 0.3) is 11.5 Å². The second kappa shape index (κ2) is 9.40. The number of H-pyrrole nitrogens is 1. The molecule has 9 nitrogen and oxygen atoms in total. The largest absolute Gasteiger partial charge is 0.394 e. The van der Waals surface area contributed by atoms with E-state index in [2.05, 4.69) is 30.1 Å². The minimum Gasteiger partial charge on any atom is -0.394 e. The van der Waals surface area contributed by atoms with E-state index < -0.39 is 5.82 Å². The molecule has 0 unspecified atom stereocenters. The van der Waals surface area contributed by atoms with E-state index in [0.29, 0.717) is 41.7 Å². The Hall–Kier alpha value is -3.89. The van der Waals surface area contributed by atoms with E-state index >= 15 is 0 Å². The fraction of sp³-hybridized carbons (Fsp3) is 0.280. The van der Waals surface area contributed by atoms with Crippen LogP contribution in [0.2, 0.25) is 0 Å². The predicted octanol–water partition coefficient (Wildman–Crippen LogP) is 1.65. The highest BCUT2D eigenvalue weighted by molar-refractivity contribution is 6.02. The Balaban J connectivity index is 1.33. The smallest absolute Gasteiger partial charge is 0.269 e. The van der Waals surface area contributed by atoms with Gasteiger partial charge in [0.1, 0.15) is 11.5 Å². The molecule has 1 amide bonds. The molecule has 0 bridgehead atoms. The number of anilines is 1. The Morgan fingerprint density at radius 3 is 2.77 bits per heavy atom. The van der Waals surface area contributed by atoms with Gasteiger partial charge in [0, 0.05) is 44.8 Å². The van der Waals surface area contributed by atoms with Gasteiger partial charge in [-0.15, -0.1) is 0 Å². The number of fused-ring (bicyclic) bond motifs is 3. The lowest BCUT2D eigenvalue weighted by Gasteiger charge is -2.42. The number of aromatic nitrogens is 3. The summed E-state index contributed by atoms with van der Waals surface area (Å²) in [6, 6.07) is 9.41. The van der Waals surface area contributed by atoms with Crippen LogP contribution in [-0.4, -0.2) is 70.2 Å². The molecule has 0 aliphatic carbocycles. The Bertz CT molecular complexity index is 1460. The van der Waals surface area contributed by atoms with Crippen LogP contribution in [-0.2, 0) is 6.54 Å². The van der Waals surface area contributed by atoms with Crippen molar-refractivity contribution in [3.05, 3.63) is 76.2 Å². The molecule has 1 aliphatic rings. The number of halogens is 1. The molecule has 3 N–H and O–H groups in total. The number of aliphatic hydroxyl groups excluding tert-OH is 1. The molecule has 0 saturated carbocycles. The van der Waals surface area contributed by atoms with Crippen LogP contribution >= 0.6 is 0 Å². The van der Waals surface area contributed by atoms with Crippen LogP contribution in [0, 0.1) is 5.82 Å². The zero-order valence-corrected chi connectivity index (χ0v) is 19.2.